The highest BCUT2D eigenvalue weighted by Crippen LogP contribution is 2.30. The molecule has 3 heteroatoms. The van der Waals surface area contributed by atoms with Crippen LogP contribution in [0.15, 0.2) is 48.5 Å². The second-order valence-electron chi connectivity index (χ2n) is 4.47. The molecule has 0 saturated heterocycles. The molecule has 0 aliphatic rings. The Labute approximate surface area is 114 Å². The Balaban J connectivity index is 2.12. The molecule has 2 aromatic carbocycles. The first kappa shape index (κ1) is 13.4. The SMILES string of the molecule is COc1cc([C@H](C)N)ccc1OCc1ccccc1. The van der Waals surface area contributed by atoms with Crippen molar-refractivity contribution >= 4 is 0 Å². The maximum Gasteiger partial charge on any atom is 0.161 e. The van der Waals surface area contributed by atoms with E-state index in [1.165, 1.54) is 0 Å². The van der Waals surface area contributed by atoms with Crippen LogP contribution >= 0.6 is 0 Å². The molecule has 0 aliphatic carbocycles. The largest absolute Gasteiger partial charge is 0.493 e. The molecule has 2 aromatic rings. The molecule has 2 rings (SSSR count). The van der Waals surface area contributed by atoms with Crippen LogP contribution in [0, 0.1) is 0 Å². The molecular formula is C16H19NO2. The molecule has 0 amide bonds. The van der Waals surface area contributed by atoms with Crippen molar-refractivity contribution < 1.29 is 9.47 Å². The molecule has 3 nitrogen and oxygen atoms in total. The average molecular weight is 257 g/mol. The first-order chi connectivity index (χ1) is 9.20. The Morgan fingerprint density at radius 1 is 1.05 bits per heavy atom. The van der Waals surface area contributed by atoms with Gasteiger partial charge in [-0.25, -0.2) is 0 Å². The van der Waals surface area contributed by atoms with Crippen molar-refractivity contribution in [1.29, 1.82) is 0 Å². The summed E-state index contributed by atoms with van der Waals surface area (Å²) in [7, 11) is 1.63. The number of ether oxygens (including phenoxy) is 2. The van der Waals surface area contributed by atoms with E-state index in [-0.39, 0.29) is 6.04 Å². The van der Waals surface area contributed by atoms with Gasteiger partial charge in [0, 0.05) is 6.04 Å². The standard InChI is InChI=1S/C16H19NO2/c1-12(17)14-8-9-15(16(10-14)18-2)19-11-13-6-4-3-5-7-13/h3-10,12H,11,17H2,1-2H3/t12-/m0/s1. The van der Waals surface area contributed by atoms with Gasteiger partial charge in [-0.3, -0.25) is 0 Å². The highest BCUT2D eigenvalue weighted by molar-refractivity contribution is 5.43. The molecule has 0 aliphatic heterocycles. The highest BCUT2D eigenvalue weighted by Gasteiger charge is 2.08. The Kier molecular flexibility index (Phi) is 4.42. The lowest BCUT2D eigenvalue weighted by atomic mass is 10.1. The number of nitrogens with two attached hydrogens (primary N) is 1. The normalized spacial score (nSPS) is 11.9. The Morgan fingerprint density at radius 3 is 2.42 bits per heavy atom. The predicted molar refractivity (Wildman–Crippen MR) is 76.4 cm³/mol. The number of benzene rings is 2. The lowest BCUT2D eigenvalue weighted by Gasteiger charge is -2.13. The topological polar surface area (TPSA) is 44.5 Å². The number of hydrogen-bond acceptors (Lipinski definition) is 3. The molecule has 0 fully saturated rings. The van der Waals surface area contributed by atoms with Crippen LogP contribution in [-0.2, 0) is 6.61 Å². The zero-order chi connectivity index (χ0) is 13.7. The van der Waals surface area contributed by atoms with Crippen molar-refractivity contribution in [3.8, 4) is 11.5 Å². The van der Waals surface area contributed by atoms with E-state index in [9.17, 15) is 0 Å². The van der Waals surface area contributed by atoms with Crippen LogP contribution in [0.25, 0.3) is 0 Å². The lowest BCUT2D eigenvalue weighted by Crippen LogP contribution is -2.05. The Morgan fingerprint density at radius 2 is 1.79 bits per heavy atom. The molecule has 100 valence electrons. The third-order valence-corrected chi connectivity index (χ3v) is 2.95. The van der Waals surface area contributed by atoms with Crippen LogP contribution < -0.4 is 15.2 Å². The van der Waals surface area contributed by atoms with Crippen LogP contribution in [0.3, 0.4) is 0 Å². The highest BCUT2D eigenvalue weighted by atomic mass is 16.5. The van der Waals surface area contributed by atoms with E-state index in [4.69, 9.17) is 15.2 Å². The van der Waals surface area contributed by atoms with Gasteiger partial charge in [0.1, 0.15) is 6.61 Å². The third-order valence-electron chi connectivity index (χ3n) is 2.95. The second kappa shape index (κ2) is 6.25. The van der Waals surface area contributed by atoms with Gasteiger partial charge < -0.3 is 15.2 Å². The van der Waals surface area contributed by atoms with Crippen molar-refractivity contribution in [1.82, 2.24) is 0 Å². The summed E-state index contributed by atoms with van der Waals surface area (Å²) < 4.78 is 11.1. The van der Waals surface area contributed by atoms with Crippen molar-refractivity contribution in [2.45, 2.75) is 19.6 Å². The minimum atomic E-state index is -0.0166. The van der Waals surface area contributed by atoms with E-state index in [2.05, 4.69) is 0 Å². The molecule has 0 spiro atoms. The fourth-order valence-electron chi connectivity index (χ4n) is 1.82. The molecule has 0 aromatic heterocycles. The molecule has 2 N–H and O–H groups in total. The Hall–Kier alpha value is -2.00. The fourth-order valence-corrected chi connectivity index (χ4v) is 1.82. The van der Waals surface area contributed by atoms with Gasteiger partial charge in [0.15, 0.2) is 11.5 Å². The van der Waals surface area contributed by atoms with Crippen molar-refractivity contribution in [2.75, 3.05) is 7.11 Å². The molecule has 0 unspecified atom stereocenters. The number of rotatable bonds is 5. The van der Waals surface area contributed by atoms with Gasteiger partial charge >= 0.3 is 0 Å². The van der Waals surface area contributed by atoms with E-state index in [1.54, 1.807) is 7.11 Å². The molecule has 1 atom stereocenters. The first-order valence-electron chi connectivity index (χ1n) is 6.31. The van der Waals surface area contributed by atoms with Crippen LogP contribution in [0.4, 0.5) is 0 Å². The summed E-state index contributed by atoms with van der Waals surface area (Å²) in [6, 6.07) is 15.8. The molecular weight excluding hydrogens is 238 g/mol. The van der Waals surface area contributed by atoms with E-state index >= 15 is 0 Å². The summed E-state index contributed by atoms with van der Waals surface area (Å²) in [5.41, 5.74) is 8.01. The third kappa shape index (κ3) is 3.48. The monoisotopic (exact) mass is 257 g/mol. The molecule has 0 bridgehead atoms. The number of hydrogen-bond donors (Lipinski definition) is 1. The maximum atomic E-state index is 5.86. The van der Waals surface area contributed by atoms with Gasteiger partial charge in [-0.05, 0) is 30.2 Å². The summed E-state index contributed by atoms with van der Waals surface area (Å²) in [5.74, 6) is 1.45. The number of methoxy groups -OCH3 is 1. The zero-order valence-corrected chi connectivity index (χ0v) is 11.3. The van der Waals surface area contributed by atoms with Crippen LogP contribution in [0.1, 0.15) is 24.1 Å². The lowest BCUT2D eigenvalue weighted by molar-refractivity contribution is 0.284. The molecule has 0 saturated carbocycles. The van der Waals surface area contributed by atoms with Gasteiger partial charge in [0.25, 0.3) is 0 Å². The van der Waals surface area contributed by atoms with Gasteiger partial charge in [0.2, 0.25) is 0 Å². The van der Waals surface area contributed by atoms with E-state index in [1.807, 2.05) is 55.5 Å². The quantitative estimate of drug-likeness (QED) is 0.893. The van der Waals surface area contributed by atoms with E-state index in [0.717, 1.165) is 16.9 Å². The summed E-state index contributed by atoms with van der Waals surface area (Å²) >= 11 is 0. The minimum Gasteiger partial charge on any atom is -0.493 e. The van der Waals surface area contributed by atoms with Gasteiger partial charge in [0.05, 0.1) is 7.11 Å². The van der Waals surface area contributed by atoms with Crippen molar-refractivity contribution in [3.05, 3.63) is 59.7 Å². The fraction of sp³-hybridized carbons (Fsp3) is 0.250. The second-order valence-corrected chi connectivity index (χ2v) is 4.47. The van der Waals surface area contributed by atoms with Crippen LogP contribution in [0.2, 0.25) is 0 Å². The van der Waals surface area contributed by atoms with Crippen molar-refractivity contribution in [2.24, 2.45) is 5.73 Å². The maximum absolute atomic E-state index is 5.86. The summed E-state index contributed by atoms with van der Waals surface area (Å²) in [5, 5.41) is 0. The van der Waals surface area contributed by atoms with Crippen molar-refractivity contribution in [3.63, 3.8) is 0 Å². The van der Waals surface area contributed by atoms with Gasteiger partial charge in [-0.1, -0.05) is 36.4 Å². The van der Waals surface area contributed by atoms with Gasteiger partial charge in [-0.15, -0.1) is 0 Å². The average Bonchev–Trinajstić information content (AvgIpc) is 2.45. The summed E-state index contributed by atoms with van der Waals surface area (Å²) in [4.78, 5) is 0. The summed E-state index contributed by atoms with van der Waals surface area (Å²) in [6.07, 6.45) is 0. The predicted octanol–water partition coefficient (Wildman–Crippen LogP) is 3.29. The van der Waals surface area contributed by atoms with E-state index < -0.39 is 0 Å². The molecule has 0 radical (unpaired) electrons. The van der Waals surface area contributed by atoms with Crippen LogP contribution in [0.5, 0.6) is 11.5 Å². The zero-order valence-electron chi connectivity index (χ0n) is 11.3. The smallest absolute Gasteiger partial charge is 0.161 e. The Bertz CT molecular complexity index is 524. The minimum absolute atomic E-state index is 0.0166. The first-order valence-corrected chi connectivity index (χ1v) is 6.31. The molecule has 19 heavy (non-hydrogen) atoms. The summed E-state index contributed by atoms with van der Waals surface area (Å²) in [6.45, 7) is 2.47. The molecule has 0 heterocycles. The van der Waals surface area contributed by atoms with Gasteiger partial charge in [-0.2, -0.15) is 0 Å². The van der Waals surface area contributed by atoms with E-state index in [0.29, 0.717) is 12.4 Å². The van der Waals surface area contributed by atoms with Crippen LogP contribution in [-0.4, -0.2) is 7.11 Å².